The Bertz CT molecular complexity index is 760. The minimum Gasteiger partial charge on any atom is -0.394 e. The van der Waals surface area contributed by atoms with Gasteiger partial charge in [-0.3, -0.25) is 4.98 Å². The molecule has 3 aromatic rings. The number of rotatable bonds is 4. The summed E-state index contributed by atoms with van der Waals surface area (Å²) in [6, 6.07) is 15.6. The predicted molar refractivity (Wildman–Crippen MR) is 81.6 cm³/mol. The molecule has 2 N–H and O–H groups in total. The normalized spacial score (nSPS) is 12.3. The predicted octanol–water partition coefficient (Wildman–Crippen LogP) is 3.52. The number of pyridine rings is 1. The van der Waals surface area contributed by atoms with E-state index in [2.05, 4.69) is 10.3 Å². The van der Waals surface area contributed by atoms with E-state index in [4.69, 9.17) is 0 Å². The molecule has 0 amide bonds. The zero-order chi connectivity index (χ0) is 14.7. The number of anilines is 1. The van der Waals surface area contributed by atoms with E-state index in [1.54, 1.807) is 18.3 Å². The fourth-order valence-electron chi connectivity index (χ4n) is 2.32. The Hall–Kier alpha value is -2.46. The lowest BCUT2D eigenvalue weighted by Gasteiger charge is -2.18. The van der Waals surface area contributed by atoms with Gasteiger partial charge in [-0.1, -0.05) is 18.2 Å². The van der Waals surface area contributed by atoms with Gasteiger partial charge in [0.15, 0.2) is 0 Å². The van der Waals surface area contributed by atoms with Crippen LogP contribution in [0.5, 0.6) is 0 Å². The largest absolute Gasteiger partial charge is 0.394 e. The van der Waals surface area contributed by atoms with Crippen LogP contribution in [-0.4, -0.2) is 16.7 Å². The molecule has 0 spiro atoms. The minimum absolute atomic E-state index is 0.0811. The van der Waals surface area contributed by atoms with Gasteiger partial charge in [0.05, 0.1) is 18.2 Å². The Morgan fingerprint density at radius 2 is 2.00 bits per heavy atom. The first kappa shape index (κ1) is 13.5. The average molecular weight is 282 g/mol. The van der Waals surface area contributed by atoms with Gasteiger partial charge in [0, 0.05) is 17.3 Å². The van der Waals surface area contributed by atoms with Gasteiger partial charge < -0.3 is 10.4 Å². The van der Waals surface area contributed by atoms with Crippen molar-refractivity contribution in [1.82, 2.24) is 4.98 Å². The van der Waals surface area contributed by atoms with E-state index in [9.17, 15) is 9.50 Å². The summed E-state index contributed by atoms with van der Waals surface area (Å²) in [7, 11) is 0. The molecule has 0 saturated heterocycles. The van der Waals surface area contributed by atoms with Crippen LogP contribution < -0.4 is 5.32 Å². The number of benzene rings is 2. The van der Waals surface area contributed by atoms with Crippen molar-refractivity contribution in [3.05, 3.63) is 72.2 Å². The van der Waals surface area contributed by atoms with Crippen LogP contribution in [0.4, 0.5) is 10.1 Å². The van der Waals surface area contributed by atoms with Crippen molar-refractivity contribution < 1.29 is 9.50 Å². The standard InChI is InChI=1S/C17H15FN2O/c18-14-4-1-5-15(10-14)20-17(11-21)13-6-7-16-12(9-13)3-2-8-19-16/h1-10,17,20-21H,11H2. The molecule has 2 aromatic carbocycles. The molecular formula is C17H15FN2O. The van der Waals surface area contributed by atoms with Crippen LogP contribution in [0.1, 0.15) is 11.6 Å². The molecule has 0 aliphatic carbocycles. The second-order valence-electron chi connectivity index (χ2n) is 4.85. The lowest BCUT2D eigenvalue weighted by molar-refractivity contribution is 0.276. The van der Waals surface area contributed by atoms with Crippen LogP contribution in [0.15, 0.2) is 60.8 Å². The van der Waals surface area contributed by atoms with Gasteiger partial charge in [-0.15, -0.1) is 0 Å². The van der Waals surface area contributed by atoms with Crippen LogP contribution in [0.25, 0.3) is 10.9 Å². The van der Waals surface area contributed by atoms with Crippen molar-refractivity contribution >= 4 is 16.6 Å². The zero-order valence-corrected chi connectivity index (χ0v) is 11.3. The van der Waals surface area contributed by atoms with Crippen LogP contribution in [0.3, 0.4) is 0 Å². The van der Waals surface area contributed by atoms with Crippen LogP contribution in [-0.2, 0) is 0 Å². The molecule has 3 nitrogen and oxygen atoms in total. The van der Waals surface area contributed by atoms with Crippen molar-refractivity contribution in [2.75, 3.05) is 11.9 Å². The number of hydrogen-bond acceptors (Lipinski definition) is 3. The molecule has 4 heteroatoms. The molecule has 1 atom stereocenters. The molecule has 1 heterocycles. The monoisotopic (exact) mass is 282 g/mol. The maximum Gasteiger partial charge on any atom is 0.125 e. The van der Waals surface area contributed by atoms with Gasteiger partial charge in [0.1, 0.15) is 5.82 Å². The number of halogens is 1. The number of aliphatic hydroxyl groups is 1. The van der Waals surface area contributed by atoms with E-state index in [0.717, 1.165) is 16.5 Å². The topological polar surface area (TPSA) is 45.1 Å². The maximum absolute atomic E-state index is 13.2. The van der Waals surface area contributed by atoms with Gasteiger partial charge in [-0.25, -0.2) is 4.39 Å². The fraction of sp³-hybridized carbons (Fsp3) is 0.118. The van der Waals surface area contributed by atoms with E-state index >= 15 is 0 Å². The molecule has 0 radical (unpaired) electrons. The molecule has 0 fully saturated rings. The lowest BCUT2D eigenvalue weighted by Crippen LogP contribution is -2.14. The van der Waals surface area contributed by atoms with Crippen molar-refractivity contribution in [2.24, 2.45) is 0 Å². The molecule has 106 valence electrons. The third-order valence-electron chi connectivity index (χ3n) is 3.38. The second-order valence-corrected chi connectivity index (χ2v) is 4.85. The Balaban J connectivity index is 1.90. The number of nitrogens with one attached hydrogen (secondary N) is 1. The highest BCUT2D eigenvalue weighted by Gasteiger charge is 2.11. The van der Waals surface area contributed by atoms with Crippen molar-refractivity contribution in [1.29, 1.82) is 0 Å². The van der Waals surface area contributed by atoms with E-state index in [0.29, 0.717) is 5.69 Å². The van der Waals surface area contributed by atoms with Crippen molar-refractivity contribution in [3.8, 4) is 0 Å². The van der Waals surface area contributed by atoms with Crippen LogP contribution in [0, 0.1) is 5.82 Å². The quantitative estimate of drug-likeness (QED) is 0.769. The summed E-state index contributed by atoms with van der Waals surface area (Å²) in [6.07, 6.45) is 1.75. The molecule has 1 unspecified atom stereocenters. The highest BCUT2D eigenvalue weighted by molar-refractivity contribution is 5.79. The van der Waals surface area contributed by atoms with E-state index < -0.39 is 0 Å². The first-order valence-electron chi connectivity index (χ1n) is 6.74. The van der Waals surface area contributed by atoms with Crippen LogP contribution >= 0.6 is 0 Å². The first-order chi connectivity index (χ1) is 10.3. The molecule has 21 heavy (non-hydrogen) atoms. The fourth-order valence-corrected chi connectivity index (χ4v) is 2.32. The summed E-state index contributed by atoms with van der Waals surface area (Å²) < 4.78 is 13.2. The van der Waals surface area contributed by atoms with Crippen molar-refractivity contribution in [2.45, 2.75) is 6.04 Å². The summed E-state index contributed by atoms with van der Waals surface area (Å²) in [4.78, 5) is 4.27. The Kier molecular flexibility index (Phi) is 3.79. The highest BCUT2D eigenvalue weighted by atomic mass is 19.1. The van der Waals surface area contributed by atoms with E-state index in [1.807, 2.05) is 30.3 Å². The minimum atomic E-state index is -0.306. The summed E-state index contributed by atoms with van der Waals surface area (Å²) >= 11 is 0. The summed E-state index contributed by atoms with van der Waals surface area (Å²) in [5.41, 5.74) is 2.48. The molecule has 0 aliphatic rings. The number of aliphatic hydroxyl groups excluding tert-OH is 1. The Labute approximate surface area is 122 Å². The lowest BCUT2D eigenvalue weighted by atomic mass is 10.0. The molecule has 1 aromatic heterocycles. The Morgan fingerprint density at radius 1 is 1.10 bits per heavy atom. The third-order valence-corrected chi connectivity index (χ3v) is 3.38. The number of aromatic nitrogens is 1. The number of hydrogen-bond donors (Lipinski definition) is 2. The summed E-state index contributed by atoms with van der Waals surface area (Å²) in [5, 5.41) is 13.8. The SMILES string of the molecule is OCC(Nc1cccc(F)c1)c1ccc2ncccc2c1. The maximum atomic E-state index is 13.2. The highest BCUT2D eigenvalue weighted by Crippen LogP contribution is 2.23. The average Bonchev–Trinajstić information content (AvgIpc) is 2.52. The molecule has 0 saturated carbocycles. The van der Waals surface area contributed by atoms with Crippen molar-refractivity contribution in [3.63, 3.8) is 0 Å². The van der Waals surface area contributed by atoms with E-state index in [-0.39, 0.29) is 18.5 Å². The number of nitrogens with zero attached hydrogens (tertiary/aromatic N) is 1. The van der Waals surface area contributed by atoms with Gasteiger partial charge in [0.25, 0.3) is 0 Å². The second kappa shape index (κ2) is 5.89. The molecular weight excluding hydrogens is 267 g/mol. The molecule has 0 bridgehead atoms. The van der Waals surface area contributed by atoms with Gasteiger partial charge in [0.2, 0.25) is 0 Å². The smallest absolute Gasteiger partial charge is 0.125 e. The van der Waals surface area contributed by atoms with Gasteiger partial charge in [-0.2, -0.15) is 0 Å². The molecule has 0 aliphatic heterocycles. The third kappa shape index (κ3) is 3.01. The van der Waals surface area contributed by atoms with Gasteiger partial charge in [-0.05, 0) is 42.0 Å². The Morgan fingerprint density at radius 3 is 2.81 bits per heavy atom. The number of fused-ring (bicyclic) bond motifs is 1. The summed E-state index contributed by atoms with van der Waals surface area (Å²) in [6.45, 7) is -0.0811. The zero-order valence-electron chi connectivity index (χ0n) is 11.3. The van der Waals surface area contributed by atoms with Gasteiger partial charge >= 0.3 is 0 Å². The van der Waals surface area contributed by atoms with Crippen LogP contribution in [0.2, 0.25) is 0 Å². The summed E-state index contributed by atoms with van der Waals surface area (Å²) in [5.74, 6) is -0.306. The molecule has 3 rings (SSSR count). The van der Waals surface area contributed by atoms with E-state index in [1.165, 1.54) is 12.1 Å². The first-order valence-corrected chi connectivity index (χ1v) is 6.74.